The Morgan fingerprint density at radius 1 is 0.800 bits per heavy atom. The number of Topliss-reactive ketones (excluding diaryl/α,β-unsaturated/α-hetero) is 1. The van der Waals surface area contributed by atoms with Crippen LogP contribution in [0.25, 0.3) is 0 Å². The lowest BCUT2D eigenvalue weighted by Crippen LogP contribution is -2.14. The molecule has 0 heterocycles. The maximum absolute atomic E-state index is 12.8. The molecule has 0 amide bonds. The fraction of sp³-hybridized carbons (Fsp3) is 0.136. The van der Waals surface area contributed by atoms with E-state index in [1.54, 1.807) is 0 Å². The topological polar surface area (TPSA) is 63.2 Å². The van der Waals surface area contributed by atoms with E-state index in [-0.39, 0.29) is 29.2 Å². The lowest BCUT2D eigenvalue weighted by Gasteiger charge is -2.11. The summed E-state index contributed by atoms with van der Waals surface area (Å²) < 4.78 is 65.5. The normalized spacial score (nSPS) is 11.8. The number of rotatable bonds is 7. The molecule has 0 spiro atoms. The van der Waals surface area contributed by atoms with Crippen LogP contribution in [-0.2, 0) is 33.8 Å². The van der Waals surface area contributed by atoms with E-state index in [9.17, 15) is 26.4 Å². The van der Waals surface area contributed by atoms with E-state index in [2.05, 4.69) is 4.72 Å². The van der Waals surface area contributed by atoms with Gasteiger partial charge in [-0.1, -0.05) is 48.5 Å². The maximum atomic E-state index is 12.8. The number of halogens is 3. The summed E-state index contributed by atoms with van der Waals surface area (Å²) >= 11 is 0. The third kappa shape index (κ3) is 5.70. The van der Waals surface area contributed by atoms with Gasteiger partial charge in [0, 0.05) is 18.5 Å². The van der Waals surface area contributed by atoms with Crippen LogP contribution in [0.4, 0.5) is 18.9 Å². The molecule has 0 radical (unpaired) electrons. The number of nitrogens with one attached hydrogen (secondary N) is 1. The number of carbonyl (C=O) groups is 1. The minimum Gasteiger partial charge on any atom is -0.299 e. The molecule has 0 unspecified atom stereocenters. The van der Waals surface area contributed by atoms with E-state index in [0.717, 1.165) is 23.8 Å². The van der Waals surface area contributed by atoms with Crippen molar-refractivity contribution in [2.75, 3.05) is 4.72 Å². The number of ketones is 1. The summed E-state index contributed by atoms with van der Waals surface area (Å²) in [4.78, 5) is 12.1. The summed E-state index contributed by atoms with van der Waals surface area (Å²) in [5.41, 5.74) is 0.405. The van der Waals surface area contributed by atoms with Gasteiger partial charge in [0.25, 0.3) is 10.0 Å². The summed E-state index contributed by atoms with van der Waals surface area (Å²) in [5.74, 6) is -0.0149. The van der Waals surface area contributed by atoms with Crippen LogP contribution >= 0.6 is 0 Å². The molecule has 156 valence electrons. The van der Waals surface area contributed by atoms with Gasteiger partial charge in [0.15, 0.2) is 0 Å². The number of carbonyl (C=O) groups excluding carboxylic acids is 1. The Balaban J connectivity index is 1.68. The molecule has 3 rings (SSSR count). The molecule has 0 fully saturated rings. The number of alkyl halides is 3. The van der Waals surface area contributed by atoms with Crippen LogP contribution in [0.2, 0.25) is 0 Å². The zero-order valence-electron chi connectivity index (χ0n) is 15.7. The maximum Gasteiger partial charge on any atom is 0.416 e. The molecule has 3 aromatic carbocycles. The second-order valence-corrected chi connectivity index (χ2v) is 8.39. The Labute approximate surface area is 172 Å². The van der Waals surface area contributed by atoms with Crippen molar-refractivity contribution in [2.45, 2.75) is 23.9 Å². The van der Waals surface area contributed by atoms with E-state index in [0.29, 0.717) is 5.56 Å². The van der Waals surface area contributed by atoms with E-state index >= 15 is 0 Å². The third-order valence-corrected chi connectivity index (χ3v) is 5.72. The summed E-state index contributed by atoms with van der Waals surface area (Å²) in [7, 11) is -4.07. The Morgan fingerprint density at radius 2 is 1.40 bits per heavy atom. The molecule has 30 heavy (non-hydrogen) atoms. The van der Waals surface area contributed by atoms with Gasteiger partial charge in [-0.3, -0.25) is 9.52 Å². The monoisotopic (exact) mass is 433 g/mol. The van der Waals surface area contributed by atoms with Crippen molar-refractivity contribution in [2.24, 2.45) is 0 Å². The average Bonchev–Trinajstić information content (AvgIpc) is 2.68. The van der Waals surface area contributed by atoms with Crippen LogP contribution in [0.1, 0.15) is 16.7 Å². The van der Waals surface area contributed by atoms with E-state index in [1.165, 1.54) is 30.3 Å². The van der Waals surface area contributed by atoms with Gasteiger partial charge in [-0.15, -0.1) is 0 Å². The highest BCUT2D eigenvalue weighted by molar-refractivity contribution is 7.92. The van der Waals surface area contributed by atoms with Crippen molar-refractivity contribution in [1.82, 2.24) is 0 Å². The van der Waals surface area contributed by atoms with Gasteiger partial charge in [-0.05, 0) is 41.5 Å². The number of sulfonamides is 1. The average molecular weight is 433 g/mol. The molecule has 0 aliphatic rings. The van der Waals surface area contributed by atoms with Crippen molar-refractivity contribution in [3.05, 3.63) is 95.6 Å². The van der Waals surface area contributed by atoms with Crippen LogP contribution in [-0.4, -0.2) is 14.2 Å². The predicted molar refractivity (Wildman–Crippen MR) is 108 cm³/mol. The first-order valence-corrected chi connectivity index (χ1v) is 10.5. The Kier molecular flexibility index (Phi) is 6.26. The molecule has 3 aromatic rings. The molecule has 1 N–H and O–H groups in total. The van der Waals surface area contributed by atoms with Crippen LogP contribution in [0.15, 0.2) is 83.8 Å². The minimum atomic E-state index is -4.57. The number of anilines is 1. The van der Waals surface area contributed by atoms with Gasteiger partial charge >= 0.3 is 6.18 Å². The zero-order valence-corrected chi connectivity index (χ0v) is 16.5. The molecule has 8 heteroatoms. The molecular formula is C22H18F3NO3S. The third-order valence-electron chi connectivity index (χ3n) is 4.32. The summed E-state index contributed by atoms with van der Waals surface area (Å²) in [6, 6.07) is 18.9. The summed E-state index contributed by atoms with van der Waals surface area (Å²) in [5, 5.41) is 0. The molecule has 0 aliphatic heterocycles. The first kappa shape index (κ1) is 21.6. The highest BCUT2D eigenvalue weighted by Crippen LogP contribution is 2.31. The van der Waals surface area contributed by atoms with Gasteiger partial charge < -0.3 is 0 Å². The first-order chi connectivity index (χ1) is 14.1. The van der Waals surface area contributed by atoms with Gasteiger partial charge in [0.2, 0.25) is 0 Å². The number of benzene rings is 3. The number of hydrogen-bond donors (Lipinski definition) is 1. The Morgan fingerprint density at radius 3 is 2.00 bits per heavy atom. The molecular weight excluding hydrogens is 415 g/mol. The van der Waals surface area contributed by atoms with Crippen LogP contribution in [0.3, 0.4) is 0 Å². The standard InChI is InChI=1S/C22H18F3NO3S/c23-22(24,25)18-7-4-8-19(15-18)26-30(28,29)21-11-9-17(10-12-21)14-20(27)13-16-5-2-1-3-6-16/h1-12,15,26H,13-14H2. The predicted octanol–water partition coefficient (Wildman–Crippen LogP) is 4.86. The molecule has 0 aromatic heterocycles. The lowest BCUT2D eigenvalue weighted by molar-refractivity contribution is -0.137. The second kappa shape index (κ2) is 8.71. The molecule has 0 saturated carbocycles. The second-order valence-electron chi connectivity index (χ2n) is 6.71. The van der Waals surface area contributed by atoms with Gasteiger partial charge in [-0.2, -0.15) is 13.2 Å². The van der Waals surface area contributed by atoms with Crippen LogP contribution in [0.5, 0.6) is 0 Å². The van der Waals surface area contributed by atoms with Crippen LogP contribution in [0, 0.1) is 0 Å². The summed E-state index contributed by atoms with van der Waals surface area (Å²) in [6.45, 7) is 0. The van der Waals surface area contributed by atoms with Crippen LogP contribution < -0.4 is 4.72 Å². The number of hydrogen-bond acceptors (Lipinski definition) is 3. The van der Waals surface area contributed by atoms with Gasteiger partial charge in [-0.25, -0.2) is 8.42 Å². The Hall–Kier alpha value is -3.13. The Bertz CT molecular complexity index is 1130. The quantitative estimate of drug-likeness (QED) is 0.579. The SMILES string of the molecule is O=C(Cc1ccccc1)Cc1ccc(S(=O)(=O)Nc2cccc(C(F)(F)F)c2)cc1. The van der Waals surface area contributed by atoms with Crippen molar-refractivity contribution < 1.29 is 26.4 Å². The highest BCUT2D eigenvalue weighted by Gasteiger charge is 2.30. The van der Waals surface area contributed by atoms with E-state index in [4.69, 9.17) is 0 Å². The molecule has 4 nitrogen and oxygen atoms in total. The summed E-state index contributed by atoms with van der Waals surface area (Å²) in [6.07, 6.45) is -4.15. The first-order valence-electron chi connectivity index (χ1n) is 8.98. The van der Waals surface area contributed by atoms with Gasteiger partial charge in [0.05, 0.1) is 10.5 Å². The molecule has 0 bridgehead atoms. The molecule has 0 atom stereocenters. The smallest absolute Gasteiger partial charge is 0.299 e. The highest BCUT2D eigenvalue weighted by atomic mass is 32.2. The fourth-order valence-corrected chi connectivity index (χ4v) is 3.92. The molecule has 0 saturated heterocycles. The van der Waals surface area contributed by atoms with Crippen molar-refractivity contribution in [1.29, 1.82) is 0 Å². The largest absolute Gasteiger partial charge is 0.416 e. The lowest BCUT2D eigenvalue weighted by atomic mass is 10.0. The van der Waals surface area contributed by atoms with Gasteiger partial charge in [0.1, 0.15) is 5.78 Å². The van der Waals surface area contributed by atoms with Crippen molar-refractivity contribution in [3.8, 4) is 0 Å². The van der Waals surface area contributed by atoms with Crippen molar-refractivity contribution >= 4 is 21.5 Å². The van der Waals surface area contributed by atoms with Crippen molar-refractivity contribution in [3.63, 3.8) is 0 Å². The zero-order chi connectivity index (χ0) is 21.8. The fourth-order valence-electron chi connectivity index (χ4n) is 2.87. The van der Waals surface area contributed by atoms with E-state index in [1.807, 2.05) is 30.3 Å². The minimum absolute atomic E-state index is 0.0149. The van der Waals surface area contributed by atoms with E-state index < -0.39 is 21.8 Å². The molecule has 0 aliphatic carbocycles.